The van der Waals surface area contributed by atoms with E-state index in [0.29, 0.717) is 0 Å². The smallest absolute Gasteiger partial charge is 0.0724 e. The number of hydrogen-bond acceptors (Lipinski definition) is 2. The summed E-state index contributed by atoms with van der Waals surface area (Å²) in [6.45, 7) is 13.6. The summed E-state index contributed by atoms with van der Waals surface area (Å²) in [4.78, 5) is 9.83. The molecule has 0 radical (unpaired) electrons. The lowest BCUT2D eigenvalue weighted by Gasteiger charge is -2.17. The van der Waals surface area contributed by atoms with Crippen molar-refractivity contribution < 1.29 is 0 Å². The van der Waals surface area contributed by atoms with Crippen molar-refractivity contribution in [1.82, 2.24) is 19.1 Å². The third-order valence-electron chi connectivity index (χ3n) is 9.22. The van der Waals surface area contributed by atoms with Gasteiger partial charge in [0.05, 0.1) is 34.5 Å². The van der Waals surface area contributed by atoms with Gasteiger partial charge in [-0.2, -0.15) is 0 Å². The average molecular weight is 627 g/mol. The summed E-state index contributed by atoms with van der Waals surface area (Å²) >= 11 is 0. The van der Waals surface area contributed by atoms with Crippen molar-refractivity contribution in [1.29, 1.82) is 0 Å². The Bertz CT molecular complexity index is 2460. The Hall–Kier alpha value is -5.22. The van der Waals surface area contributed by atoms with Crippen LogP contribution in [0.2, 0.25) is 0 Å². The second kappa shape index (κ2) is 11.2. The lowest BCUT2D eigenvalue weighted by molar-refractivity contribution is 0.406. The van der Waals surface area contributed by atoms with Crippen LogP contribution in [0.15, 0.2) is 122 Å². The van der Waals surface area contributed by atoms with Crippen molar-refractivity contribution in [3.05, 3.63) is 133 Å². The fourth-order valence-electron chi connectivity index (χ4n) is 7.29. The van der Waals surface area contributed by atoms with Gasteiger partial charge in [0, 0.05) is 44.3 Å². The van der Waals surface area contributed by atoms with Crippen molar-refractivity contribution in [2.45, 2.75) is 54.4 Å². The Kier molecular flexibility index (Phi) is 7.03. The van der Waals surface area contributed by atoms with Crippen LogP contribution in [0.25, 0.3) is 66.1 Å². The molecule has 0 saturated heterocycles. The van der Waals surface area contributed by atoms with Crippen molar-refractivity contribution in [2.75, 3.05) is 0 Å². The van der Waals surface area contributed by atoms with Crippen LogP contribution >= 0.6 is 0 Å². The summed E-state index contributed by atoms with van der Waals surface area (Å²) in [6.07, 6.45) is 6.00. The minimum atomic E-state index is 0.178. The average Bonchev–Trinajstić information content (AvgIpc) is 3.56. The van der Waals surface area contributed by atoms with E-state index in [-0.39, 0.29) is 10.8 Å². The topological polar surface area (TPSA) is 35.6 Å². The maximum Gasteiger partial charge on any atom is 0.0724 e. The van der Waals surface area contributed by atoms with Crippen LogP contribution in [0.5, 0.6) is 0 Å². The molecule has 4 heteroatoms. The highest BCUT2D eigenvalue weighted by Crippen LogP contribution is 2.36. The van der Waals surface area contributed by atoms with Crippen molar-refractivity contribution >= 4 is 43.6 Å². The third kappa shape index (κ3) is 5.45. The number of para-hydroxylation sites is 2. The molecule has 8 rings (SSSR count). The molecule has 8 aromatic rings. The van der Waals surface area contributed by atoms with Crippen LogP contribution in [-0.2, 0) is 12.8 Å². The molecule has 0 N–H and O–H groups in total. The molecule has 0 unspecified atom stereocenters. The van der Waals surface area contributed by atoms with Crippen LogP contribution in [-0.4, -0.2) is 19.1 Å². The molecule has 4 aromatic carbocycles. The van der Waals surface area contributed by atoms with Crippen molar-refractivity contribution in [2.24, 2.45) is 10.8 Å². The molecule has 0 aliphatic carbocycles. The molecular formula is C44H42N4. The van der Waals surface area contributed by atoms with E-state index in [0.717, 1.165) is 46.6 Å². The van der Waals surface area contributed by atoms with E-state index in [2.05, 4.69) is 172 Å². The van der Waals surface area contributed by atoms with Crippen LogP contribution in [0.4, 0.5) is 0 Å². The maximum absolute atomic E-state index is 4.92. The van der Waals surface area contributed by atoms with Gasteiger partial charge in [0.15, 0.2) is 0 Å². The monoisotopic (exact) mass is 626 g/mol. The number of benzene rings is 4. The summed E-state index contributed by atoms with van der Waals surface area (Å²) in [5, 5.41) is 5.02. The predicted octanol–water partition coefficient (Wildman–Crippen LogP) is 11.5. The first-order valence-electron chi connectivity index (χ1n) is 17.0. The molecule has 4 nitrogen and oxygen atoms in total. The van der Waals surface area contributed by atoms with Gasteiger partial charge < -0.3 is 9.13 Å². The molecule has 0 aliphatic heterocycles. The summed E-state index contributed by atoms with van der Waals surface area (Å²) in [5.41, 5.74) is 11.9. The Morgan fingerprint density at radius 1 is 0.438 bits per heavy atom. The zero-order chi connectivity index (χ0) is 33.2. The van der Waals surface area contributed by atoms with Crippen LogP contribution < -0.4 is 0 Å². The van der Waals surface area contributed by atoms with Gasteiger partial charge in [0.1, 0.15) is 0 Å². The molecule has 4 aromatic heterocycles. The Morgan fingerprint density at radius 3 is 1.46 bits per heavy atom. The van der Waals surface area contributed by atoms with Crippen molar-refractivity contribution in [3.63, 3.8) is 0 Å². The number of fused-ring (bicyclic) bond motifs is 6. The van der Waals surface area contributed by atoms with Gasteiger partial charge in [-0.05, 0) is 83.3 Å². The van der Waals surface area contributed by atoms with E-state index in [4.69, 9.17) is 9.97 Å². The van der Waals surface area contributed by atoms with E-state index in [9.17, 15) is 0 Å². The Balaban J connectivity index is 1.19. The summed E-state index contributed by atoms with van der Waals surface area (Å²) < 4.78 is 4.70. The van der Waals surface area contributed by atoms with E-state index >= 15 is 0 Å². The van der Waals surface area contributed by atoms with Gasteiger partial charge in [-0.15, -0.1) is 0 Å². The summed E-state index contributed by atoms with van der Waals surface area (Å²) in [5.74, 6) is 0. The van der Waals surface area contributed by atoms with E-state index in [1.54, 1.807) is 0 Å². The number of hydrogen-bond donors (Lipinski definition) is 0. The standard InChI is InChI=1S/C44H42N4/c1-43(2,3)25-31-23-37-35-14-7-9-16-39(35)47(41(37)27-45-31)33-20-18-29(19-21-33)30-12-11-13-34(22-30)48-40-17-10-8-15-36(40)38-24-32(26-44(4,5)6)46-28-42(38)48/h7-24,27-28H,25-26H2,1-6H3. The molecule has 0 atom stereocenters. The number of nitrogens with zero attached hydrogens (tertiary/aromatic N) is 4. The molecule has 48 heavy (non-hydrogen) atoms. The highest BCUT2D eigenvalue weighted by molar-refractivity contribution is 6.10. The summed E-state index contributed by atoms with van der Waals surface area (Å²) in [6, 6.07) is 39.8. The van der Waals surface area contributed by atoms with Gasteiger partial charge in [0.2, 0.25) is 0 Å². The van der Waals surface area contributed by atoms with Gasteiger partial charge in [0.25, 0.3) is 0 Å². The van der Waals surface area contributed by atoms with Crippen molar-refractivity contribution in [3.8, 4) is 22.5 Å². The molecule has 4 heterocycles. The van der Waals surface area contributed by atoms with E-state index in [1.165, 1.54) is 43.7 Å². The van der Waals surface area contributed by atoms with Crippen LogP contribution in [0.3, 0.4) is 0 Å². The quantitative estimate of drug-likeness (QED) is 0.191. The molecule has 0 spiro atoms. The fraction of sp³-hybridized carbons (Fsp3) is 0.227. The molecule has 0 aliphatic rings. The second-order valence-corrected chi connectivity index (χ2v) is 15.7. The highest BCUT2D eigenvalue weighted by atomic mass is 15.0. The first kappa shape index (κ1) is 30.1. The van der Waals surface area contributed by atoms with Crippen LogP contribution in [0, 0.1) is 10.8 Å². The van der Waals surface area contributed by atoms with Crippen LogP contribution in [0.1, 0.15) is 52.9 Å². The lowest BCUT2D eigenvalue weighted by Crippen LogP contribution is -2.10. The van der Waals surface area contributed by atoms with Gasteiger partial charge in [-0.3, -0.25) is 9.97 Å². The summed E-state index contributed by atoms with van der Waals surface area (Å²) in [7, 11) is 0. The predicted molar refractivity (Wildman–Crippen MR) is 202 cm³/mol. The second-order valence-electron chi connectivity index (χ2n) is 15.7. The fourth-order valence-corrected chi connectivity index (χ4v) is 7.29. The molecule has 238 valence electrons. The highest BCUT2D eigenvalue weighted by Gasteiger charge is 2.19. The minimum absolute atomic E-state index is 0.178. The molecule has 0 saturated carbocycles. The lowest BCUT2D eigenvalue weighted by atomic mass is 9.90. The van der Waals surface area contributed by atoms with Gasteiger partial charge >= 0.3 is 0 Å². The molecular weight excluding hydrogens is 585 g/mol. The molecule has 0 amide bonds. The largest absolute Gasteiger partial charge is 0.308 e. The Labute approximate surface area is 282 Å². The maximum atomic E-state index is 4.92. The van der Waals surface area contributed by atoms with E-state index < -0.39 is 0 Å². The number of pyridine rings is 2. The first-order chi connectivity index (χ1) is 23.0. The number of aromatic nitrogens is 4. The van der Waals surface area contributed by atoms with Gasteiger partial charge in [-0.1, -0.05) is 102 Å². The van der Waals surface area contributed by atoms with E-state index in [1.807, 2.05) is 0 Å². The zero-order valence-corrected chi connectivity index (χ0v) is 28.8. The first-order valence-corrected chi connectivity index (χ1v) is 17.0. The Morgan fingerprint density at radius 2 is 0.938 bits per heavy atom. The molecule has 0 bridgehead atoms. The minimum Gasteiger partial charge on any atom is -0.308 e. The SMILES string of the molecule is CC(C)(C)Cc1cc2c3ccccc3n(-c3ccc(-c4cccc(-n5c6ccccc6c6cc(CC(C)(C)C)ncc65)c4)cc3)c2cn1. The number of rotatable bonds is 5. The molecule has 0 fully saturated rings. The third-order valence-corrected chi connectivity index (χ3v) is 9.22. The zero-order valence-electron chi connectivity index (χ0n) is 28.8. The van der Waals surface area contributed by atoms with Gasteiger partial charge in [-0.25, -0.2) is 0 Å². The normalized spacial score (nSPS) is 12.5.